The van der Waals surface area contributed by atoms with Crippen molar-refractivity contribution in [3.63, 3.8) is 0 Å². The first-order valence-corrected chi connectivity index (χ1v) is 7.98. The monoisotopic (exact) mass is 317 g/mol. The number of carbonyl (C=O) groups is 1. The van der Waals surface area contributed by atoms with Gasteiger partial charge in [0, 0.05) is 6.04 Å². The van der Waals surface area contributed by atoms with Gasteiger partial charge >= 0.3 is 5.97 Å². The average molecular weight is 317 g/mol. The molecule has 7 heteroatoms. The van der Waals surface area contributed by atoms with Crippen molar-refractivity contribution in [2.24, 2.45) is 5.41 Å². The third-order valence-electron chi connectivity index (χ3n) is 2.71. The van der Waals surface area contributed by atoms with E-state index in [1.54, 1.807) is 0 Å². The largest absolute Gasteiger partial charge is 0.481 e. The molecule has 0 radical (unpaired) electrons. The third kappa shape index (κ3) is 6.22. The Kier molecular flexibility index (Phi) is 5.47. The van der Waals surface area contributed by atoms with Gasteiger partial charge in [-0.1, -0.05) is 26.8 Å². The molecule has 0 heterocycles. The molecular formula is C14H20FNO4S. The van der Waals surface area contributed by atoms with E-state index in [0.29, 0.717) is 6.42 Å². The normalized spacial score (nSPS) is 13.9. The number of hydrogen-bond acceptors (Lipinski definition) is 3. The third-order valence-corrected chi connectivity index (χ3v) is 4.23. The van der Waals surface area contributed by atoms with Crippen LogP contribution in [0.4, 0.5) is 4.39 Å². The molecule has 1 aromatic carbocycles. The standard InChI is InChI=1S/C14H20FNO4S/c1-14(2,3)9-11(8-13(17)18)16-21(19,20)12-6-4-5-10(15)7-12/h4-7,11,16H,8-9H2,1-3H3,(H,17,18). The molecule has 0 fully saturated rings. The fourth-order valence-corrected chi connectivity index (χ4v) is 3.29. The molecular weight excluding hydrogens is 297 g/mol. The molecule has 0 saturated carbocycles. The Bertz CT molecular complexity index is 608. The first kappa shape index (κ1) is 17.6. The van der Waals surface area contributed by atoms with E-state index in [1.807, 2.05) is 20.8 Å². The minimum atomic E-state index is -3.95. The number of carboxylic acids is 1. The van der Waals surface area contributed by atoms with Crippen molar-refractivity contribution >= 4 is 16.0 Å². The predicted molar refractivity (Wildman–Crippen MR) is 76.8 cm³/mol. The molecule has 118 valence electrons. The van der Waals surface area contributed by atoms with Gasteiger partial charge in [-0.3, -0.25) is 4.79 Å². The molecule has 5 nitrogen and oxygen atoms in total. The smallest absolute Gasteiger partial charge is 0.304 e. The molecule has 0 bridgehead atoms. The maximum atomic E-state index is 13.1. The predicted octanol–water partition coefficient (Wildman–Crippen LogP) is 2.38. The lowest BCUT2D eigenvalue weighted by Crippen LogP contribution is -2.39. The van der Waals surface area contributed by atoms with Crippen molar-refractivity contribution in [1.29, 1.82) is 0 Å². The molecule has 1 unspecified atom stereocenters. The van der Waals surface area contributed by atoms with Gasteiger partial charge in [0.2, 0.25) is 10.0 Å². The van der Waals surface area contributed by atoms with Crippen LogP contribution in [0, 0.1) is 11.2 Å². The van der Waals surface area contributed by atoms with E-state index < -0.39 is 27.9 Å². The number of benzene rings is 1. The van der Waals surface area contributed by atoms with Crippen molar-refractivity contribution in [1.82, 2.24) is 4.72 Å². The molecule has 0 amide bonds. The molecule has 1 atom stereocenters. The molecule has 21 heavy (non-hydrogen) atoms. The highest BCUT2D eigenvalue weighted by atomic mass is 32.2. The van der Waals surface area contributed by atoms with Crippen LogP contribution in [0.5, 0.6) is 0 Å². The number of halogens is 1. The van der Waals surface area contributed by atoms with Gasteiger partial charge in [-0.25, -0.2) is 17.5 Å². The first-order valence-electron chi connectivity index (χ1n) is 6.49. The zero-order chi connectivity index (χ0) is 16.3. The second-order valence-electron chi connectivity index (χ2n) is 6.14. The topological polar surface area (TPSA) is 83.5 Å². The van der Waals surface area contributed by atoms with Crippen molar-refractivity contribution < 1.29 is 22.7 Å². The van der Waals surface area contributed by atoms with Gasteiger partial charge in [0.05, 0.1) is 11.3 Å². The molecule has 0 aromatic heterocycles. The van der Waals surface area contributed by atoms with Crippen LogP contribution in [-0.2, 0) is 14.8 Å². The Labute approximate surface area is 124 Å². The molecule has 0 aliphatic heterocycles. The lowest BCUT2D eigenvalue weighted by atomic mass is 9.87. The fourth-order valence-electron chi connectivity index (χ4n) is 2.03. The number of aliphatic carboxylic acids is 1. The van der Waals surface area contributed by atoms with Crippen molar-refractivity contribution in [2.75, 3.05) is 0 Å². The van der Waals surface area contributed by atoms with E-state index in [0.717, 1.165) is 12.1 Å². The summed E-state index contributed by atoms with van der Waals surface area (Å²) in [5.41, 5.74) is -0.245. The quantitative estimate of drug-likeness (QED) is 0.844. The highest BCUT2D eigenvalue weighted by Crippen LogP contribution is 2.23. The van der Waals surface area contributed by atoms with Gasteiger partial charge in [0.1, 0.15) is 5.82 Å². The van der Waals surface area contributed by atoms with Crippen molar-refractivity contribution in [3.05, 3.63) is 30.1 Å². The Hall–Kier alpha value is -1.47. The minimum absolute atomic E-state index is 0.216. The van der Waals surface area contributed by atoms with E-state index in [-0.39, 0.29) is 16.7 Å². The van der Waals surface area contributed by atoms with Gasteiger partial charge in [-0.2, -0.15) is 0 Å². The number of hydrogen-bond donors (Lipinski definition) is 2. The lowest BCUT2D eigenvalue weighted by Gasteiger charge is -2.25. The summed E-state index contributed by atoms with van der Waals surface area (Å²) in [5, 5.41) is 8.90. The highest BCUT2D eigenvalue weighted by Gasteiger charge is 2.26. The molecule has 1 aromatic rings. The average Bonchev–Trinajstić information content (AvgIpc) is 2.24. The number of nitrogens with one attached hydrogen (secondary N) is 1. The van der Waals surface area contributed by atoms with Crippen LogP contribution in [0.15, 0.2) is 29.2 Å². The Morgan fingerprint density at radius 1 is 1.38 bits per heavy atom. The van der Waals surface area contributed by atoms with Crippen LogP contribution in [0.3, 0.4) is 0 Å². The van der Waals surface area contributed by atoms with Crippen molar-refractivity contribution in [3.8, 4) is 0 Å². The van der Waals surface area contributed by atoms with Crippen LogP contribution in [-0.4, -0.2) is 25.5 Å². The zero-order valence-electron chi connectivity index (χ0n) is 12.3. The summed E-state index contributed by atoms with van der Waals surface area (Å²) < 4.78 is 39.9. The van der Waals surface area contributed by atoms with E-state index in [2.05, 4.69) is 4.72 Å². The van der Waals surface area contributed by atoms with Crippen LogP contribution >= 0.6 is 0 Å². The summed E-state index contributed by atoms with van der Waals surface area (Å²) >= 11 is 0. The number of rotatable bonds is 6. The fraction of sp³-hybridized carbons (Fsp3) is 0.500. The molecule has 1 rings (SSSR count). The Balaban J connectivity index is 2.98. The Morgan fingerprint density at radius 2 is 2.00 bits per heavy atom. The van der Waals surface area contributed by atoms with Gasteiger partial charge in [-0.05, 0) is 30.0 Å². The van der Waals surface area contributed by atoms with Crippen LogP contribution in [0.25, 0.3) is 0 Å². The molecule has 0 spiro atoms. The van der Waals surface area contributed by atoms with Crippen LogP contribution in [0.1, 0.15) is 33.6 Å². The van der Waals surface area contributed by atoms with Gasteiger partial charge in [0.25, 0.3) is 0 Å². The second-order valence-corrected chi connectivity index (χ2v) is 7.85. The summed E-state index contributed by atoms with van der Waals surface area (Å²) in [4.78, 5) is 10.7. The molecule has 2 N–H and O–H groups in total. The SMILES string of the molecule is CC(C)(C)CC(CC(=O)O)NS(=O)(=O)c1cccc(F)c1. The zero-order valence-corrected chi connectivity index (χ0v) is 13.1. The maximum Gasteiger partial charge on any atom is 0.304 e. The minimum Gasteiger partial charge on any atom is -0.481 e. The van der Waals surface area contributed by atoms with Crippen molar-refractivity contribution in [2.45, 2.75) is 44.6 Å². The maximum absolute atomic E-state index is 13.1. The van der Waals surface area contributed by atoms with E-state index in [1.165, 1.54) is 12.1 Å². The molecule has 0 saturated heterocycles. The molecule has 0 aliphatic carbocycles. The summed E-state index contributed by atoms with van der Waals surface area (Å²) in [6.07, 6.45) is 0.0274. The summed E-state index contributed by atoms with van der Waals surface area (Å²) in [6, 6.07) is 3.84. The summed E-state index contributed by atoms with van der Waals surface area (Å²) in [7, 11) is -3.95. The summed E-state index contributed by atoms with van der Waals surface area (Å²) in [6.45, 7) is 5.66. The lowest BCUT2D eigenvalue weighted by molar-refractivity contribution is -0.137. The van der Waals surface area contributed by atoms with Gasteiger partial charge in [-0.15, -0.1) is 0 Å². The summed E-state index contributed by atoms with van der Waals surface area (Å²) in [5.74, 6) is -1.75. The van der Waals surface area contributed by atoms with E-state index >= 15 is 0 Å². The van der Waals surface area contributed by atoms with E-state index in [4.69, 9.17) is 5.11 Å². The second kappa shape index (κ2) is 6.53. The van der Waals surface area contributed by atoms with Gasteiger partial charge < -0.3 is 5.11 Å². The Morgan fingerprint density at radius 3 is 2.48 bits per heavy atom. The highest BCUT2D eigenvalue weighted by molar-refractivity contribution is 7.89. The molecule has 0 aliphatic rings. The van der Waals surface area contributed by atoms with Crippen LogP contribution < -0.4 is 4.72 Å². The first-order chi connectivity index (χ1) is 9.49. The van der Waals surface area contributed by atoms with Gasteiger partial charge in [0.15, 0.2) is 0 Å². The number of sulfonamides is 1. The van der Waals surface area contributed by atoms with Crippen LogP contribution in [0.2, 0.25) is 0 Å². The van der Waals surface area contributed by atoms with E-state index in [9.17, 15) is 17.6 Å². The number of carboxylic acid groups (broad SMARTS) is 1.